The van der Waals surface area contributed by atoms with Gasteiger partial charge in [-0.05, 0) is 25.3 Å². The maximum absolute atomic E-state index is 10.7. The summed E-state index contributed by atoms with van der Waals surface area (Å²) in [5, 5.41) is 13.9. The summed E-state index contributed by atoms with van der Waals surface area (Å²) in [6.07, 6.45) is 3.60. The van der Waals surface area contributed by atoms with Crippen LogP contribution in [0.3, 0.4) is 0 Å². The van der Waals surface area contributed by atoms with E-state index in [1.54, 1.807) is 0 Å². The first kappa shape index (κ1) is 13.1. The van der Waals surface area contributed by atoms with E-state index in [1.165, 1.54) is 18.4 Å². The summed E-state index contributed by atoms with van der Waals surface area (Å²) in [7, 11) is 0. The molecule has 0 aromatic heterocycles. The molecule has 2 aliphatic heterocycles. The first-order chi connectivity index (χ1) is 9.19. The summed E-state index contributed by atoms with van der Waals surface area (Å²) in [5.41, 5.74) is 0.834. The van der Waals surface area contributed by atoms with Gasteiger partial charge in [0.25, 0.3) is 0 Å². The number of piperidine rings is 1. The minimum absolute atomic E-state index is 0.303. The molecule has 0 spiro atoms. The van der Waals surface area contributed by atoms with E-state index < -0.39 is 5.60 Å². The Hall–Kier alpha value is -0.900. The number of nitrogens with zero attached hydrogens (tertiary/aromatic N) is 1. The Bertz CT molecular complexity index is 416. The van der Waals surface area contributed by atoms with Crippen LogP contribution < -0.4 is 5.32 Å². The lowest BCUT2D eigenvalue weighted by Gasteiger charge is -2.52. The van der Waals surface area contributed by atoms with Gasteiger partial charge in [0.1, 0.15) is 5.60 Å². The monoisotopic (exact) mass is 260 g/mol. The smallest absolute Gasteiger partial charge is 0.105 e. The molecular weight excluding hydrogens is 236 g/mol. The predicted molar refractivity (Wildman–Crippen MR) is 76.9 cm³/mol. The van der Waals surface area contributed by atoms with E-state index >= 15 is 0 Å². The summed E-state index contributed by atoms with van der Waals surface area (Å²) < 4.78 is 0. The van der Waals surface area contributed by atoms with Crippen molar-refractivity contribution in [3.8, 4) is 0 Å². The standard InChI is InChI=1S/C16H24N2O/c1-13-6-5-9-15(16(19)11-17-12-16)18(13)10-14-7-3-2-4-8-14/h2-4,7-8,13,15,17,19H,5-6,9-12H2,1H3/t13-,15-/m1/s1. The second-order valence-corrected chi connectivity index (χ2v) is 6.16. The average molecular weight is 260 g/mol. The lowest BCUT2D eigenvalue weighted by molar-refractivity contribution is -0.109. The van der Waals surface area contributed by atoms with Crippen LogP contribution in [-0.2, 0) is 6.54 Å². The van der Waals surface area contributed by atoms with Crippen LogP contribution in [0.1, 0.15) is 31.7 Å². The van der Waals surface area contributed by atoms with Crippen LogP contribution in [-0.4, -0.2) is 40.8 Å². The SMILES string of the molecule is C[C@@H]1CCC[C@H](C2(O)CNC2)N1Cc1ccccc1. The molecule has 2 heterocycles. The maximum Gasteiger partial charge on any atom is 0.105 e. The first-order valence-corrected chi connectivity index (χ1v) is 7.42. The van der Waals surface area contributed by atoms with E-state index in [0.29, 0.717) is 12.1 Å². The number of aliphatic hydroxyl groups is 1. The zero-order chi connectivity index (χ0) is 13.3. The number of hydrogen-bond acceptors (Lipinski definition) is 3. The summed E-state index contributed by atoms with van der Waals surface area (Å²) in [5.74, 6) is 0. The molecule has 1 aromatic rings. The van der Waals surface area contributed by atoms with Crippen LogP contribution in [0, 0.1) is 0 Å². The van der Waals surface area contributed by atoms with E-state index in [2.05, 4.69) is 47.5 Å². The van der Waals surface area contributed by atoms with Crippen molar-refractivity contribution in [1.29, 1.82) is 0 Å². The molecule has 19 heavy (non-hydrogen) atoms. The summed E-state index contributed by atoms with van der Waals surface area (Å²) in [6, 6.07) is 11.5. The van der Waals surface area contributed by atoms with Crippen molar-refractivity contribution in [2.45, 2.75) is 50.4 Å². The Morgan fingerprint density at radius 2 is 2.00 bits per heavy atom. The third-order valence-corrected chi connectivity index (χ3v) is 4.76. The van der Waals surface area contributed by atoms with Crippen LogP contribution >= 0.6 is 0 Å². The fraction of sp³-hybridized carbons (Fsp3) is 0.625. The topological polar surface area (TPSA) is 35.5 Å². The fourth-order valence-corrected chi connectivity index (χ4v) is 3.50. The number of hydrogen-bond donors (Lipinski definition) is 2. The first-order valence-electron chi connectivity index (χ1n) is 7.42. The molecule has 104 valence electrons. The molecular formula is C16H24N2O. The summed E-state index contributed by atoms with van der Waals surface area (Å²) >= 11 is 0. The largest absolute Gasteiger partial charge is 0.386 e. The molecule has 3 nitrogen and oxygen atoms in total. The van der Waals surface area contributed by atoms with Gasteiger partial charge >= 0.3 is 0 Å². The lowest BCUT2D eigenvalue weighted by Crippen LogP contribution is -2.71. The van der Waals surface area contributed by atoms with E-state index in [1.807, 2.05) is 0 Å². The van der Waals surface area contributed by atoms with E-state index in [4.69, 9.17) is 0 Å². The summed E-state index contributed by atoms with van der Waals surface area (Å²) in [6.45, 7) is 4.74. The highest BCUT2D eigenvalue weighted by Crippen LogP contribution is 2.33. The molecule has 1 aromatic carbocycles. The van der Waals surface area contributed by atoms with Gasteiger partial charge in [0, 0.05) is 31.7 Å². The molecule has 0 aliphatic carbocycles. The van der Waals surface area contributed by atoms with Crippen LogP contribution in [0.5, 0.6) is 0 Å². The fourth-order valence-electron chi connectivity index (χ4n) is 3.50. The molecule has 0 saturated carbocycles. The highest BCUT2D eigenvalue weighted by molar-refractivity contribution is 5.16. The van der Waals surface area contributed by atoms with Crippen LogP contribution in [0.15, 0.2) is 30.3 Å². The minimum Gasteiger partial charge on any atom is -0.386 e. The number of rotatable bonds is 3. The normalized spacial score (nSPS) is 30.8. The van der Waals surface area contributed by atoms with Gasteiger partial charge in [0.05, 0.1) is 0 Å². The van der Waals surface area contributed by atoms with Crippen molar-refractivity contribution in [3.63, 3.8) is 0 Å². The Morgan fingerprint density at radius 1 is 1.26 bits per heavy atom. The number of likely N-dealkylation sites (tertiary alicyclic amines) is 1. The van der Waals surface area contributed by atoms with Gasteiger partial charge in [-0.25, -0.2) is 0 Å². The summed E-state index contributed by atoms with van der Waals surface area (Å²) in [4.78, 5) is 2.51. The highest BCUT2D eigenvalue weighted by Gasteiger charge is 2.47. The van der Waals surface area contributed by atoms with E-state index in [-0.39, 0.29) is 0 Å². The second kappa shape index (κ2) is 5.23. The zero-order valence-corrected chi connectivity index (χ0v) is 11.7. The molecule has 2 saturated heterocycles. The van der Waals surface area contributed by atoms with Gasteiger partial charge < -0.3 is 10.4 Å². The van der Waals surface area contributed by atoms with Gasteiger partial charge in [-0.1, -0.05) is 36.8 Å². The molecule has 2 aliphatic rings. The predicted octanol–water partition coefficient (Wildman–Crippen LogP) is 1.76. The van der Waals surface area contributed by atoms with Crippen molar-refractivity contribution in [2.75, 3.05) is 13.1 Å². The molecule has 2 N–H and O–H groups in total. The van der Waals surface area contributed by atoms with Gasteiger partial charge in [0.15, 0.2) is 0 Å². The quantitative estimate of drug-likeness (QED) is 0.869. The molecule has 3 rings (SSSR count). The third-order valence-electron chi connectivity index (χ3n) is 4.76. The number of β-amino-alcohol motifs (C(OH)–C–C–N with tert-alkyl or cyclic N) is 1. The highest BCUT2D eigenvalue weighted by atomic mass is 16.3. The molecule has 0 unspecified atom stereocenters. The van der Waals surface area contributed by atoms with Gasteiger partial charge in [-0.2, -0.15) is 0 Å². The molecule has 2 fully saturated rings. The second-order valence-electron chi connectivity index (χ2n) is 6.16. The van der Waals surface area contributed by atoms with Crippen molar-refractivity contribution in [2.24, 2.45) is 0 Å². The average Bonchev–Trinajstić information content (AvgIpc) is 2.40. The minimum atomic E-state index is -0.510. The van der Waals surface area contributed by atoms with Gasteiger partial charge in [0.2, 0.25) is 0 Å². The van der Waals surface area contributed by atoms with Crippen LogP contribution in [0.4, 0.5) is 0 Å². The number of nitrogens with one attached hydrogen (secondary N) is 1. The van der Waals surface area contributed by atoms with E-state index in [9.17, 15) is 5.11 Å². The Kier molecular flexibility index (Phi) is 3.61. The van der Waals surface area contributed by atoms with Crippen molar-refractivity contribution in [1.82, 2.24) is 10.2 Å². The van der Waals surface area contributed by atoms with Crippen LogP contribution in [0.25, 0.3) is 0 Å². The lowest BCUT2D eigenvalue weighted by atomic mass is 9.80. The zero-order valence-electron chi connectivity index (χ0n) is 11.7. The molecule has 0 radical (unpaired) electrons. The van der Waals surface area contributed by atoms with Gasteiger partial charge in [-0.3, -0.25) is 4.90 Å². The number of benzene rings is 1. The van der Waals surface area contributed by atoms with E-state index in [0.717, 1.165) is 26.1 Å². The Labute approximate surface area is 115 Å². The Balaban J connectivity index is 1.78. The third kappa shape index (κ3) is 2.55. The van der Waals surface area contributed by atoms with Crippen molar-refractivity contribution >= 4 is 0 Å². The molecule has 3 heteroatoms. The van der Waals surface area contributed by atoms with Crippen molar-refractivity contribution in [3.05, 3.63) is 35.9 Å². The Morgan fingerprint density at radius 3 is 2.63 bits per heavy atom. The maximum atomic E-state index is 10.7. The van der Waals surface area contributed by atoms with Crippen molar-refractivity contribution < 1.29 is 5.11 Å². The van der Waals surface area contributed by atoms with Gasteiger partial charge in [-0.15, -0.1) is 0 Å². The molecule has 2 atom stereocenters. The molecule has 0 amide bonds. The van der Waals surface area contributed by atoms with Crippen LogP contribution in [0.2, 0.25) is 0 Å². The molecule has 0 bridgehead atoms.